The van der Waals surface area contributed by atoms with Crippen molar-refractivity contribution in [1.82, 2.24) is 0 Å². The van der Waals surface area contributed by atoms with Crippen molar-refractivity contribution < 1.29 is 18.1 Å². The largest absolute Gasteiger partial charge is 0.507 e. The van der Waals surface area contributed by atoms with Crippen molar-refractivity contribution >= 4 is 26.6 Å². The minimum absolute atomic E-state index is 0.127. The van der Waals surface area contributed by atoms with Gasteiger partial charge in [-0.1, -0.05) is 6.07 Å². The van der Waals surface area contributed by atoms with Crippen LogP contribution in [0, 0.1) is 0 Å². The second-order valence-electron chi connectivity index (χ2n) is 5.73. The number of phenols is 1. The topological polar surface area (TPSA) is 86.6 Å². The van der Waals surface area contributed by atoms with E-state index in [2.05, 4.69) is 5.32 Å². The highest BCUT2D eigenvalue weighted by molar-refractivity contribution is 7.85. The molecule has 0 aliphatic heterocycles. The highest BCUT2D eigenvalue weighted by atomic mass is 32.2. The average Bonchev–Trinajstić information content (AvgIpc) is 2.26. The second kappa shape index (κ2) is 4.64. The first kappa shape index (κ1) is 14.6. The molecule has 0 radical (unpaired) electrons. The Kier molecular flexibility index (Phi) is 3.39. The first-order valence-corrected chi connectivity index (χ1v) is 7.53. The van der Waals surface area contributed by atoms with Crippen LogP contribution in [0.15, 0.2) is 35.2 Å². The monoisotopic (exact) mass is 295 g/mol. The minimum Gasteiger partial charge on any atom is -0.507 e. The van der Waals surface area contributed by atoms with Gasteiger partial charge in [0.05, 0.1) is 4.90 Å². The van der Waals surface area contributed by atoms with Gasteiger partial charge in [-0.05, 0) is 44.4 Å². The van der Waals surface area contributed by atoms with Gasteiger partial charge in [-0.2, -0.15) is 8.42 Å². The van der Waals surface area contributed by atoms with E-state index in [1.165, 1.54) is 6.07 Å². The third-order valence-corrected chi connectivity index (χ3v) is 3.55. The first-order valence-electron chi connectivity index (χ1n) is 6.09. The van der Waals surface area contributed by atoms with Crippen LogP contribution in [-0.2, 0) is 10.1 Å². The normalized spacial score (nSPS) is 12.6. The Bertz CT molecular complexity index is 761. The van der Waals surface area contributed by atoms with Crippen LogP contribution in [0.25, 0.3) is 10.8 Å². The molecule has 108 valence electrons. The van der Waals surface area contributed by atoms with Crippen LogP contribution in [0.2, 0.25) is 0 Å². The summed E-state index contributed by atoms with van der Waals surface area (Å²) in [5.41, 5.74) is 0.692. The fourth-order valence-corrected chi connectivity index (χ4v) is 2.51. The Balaban J connectivity index is 2.58. The van der Waals surface area contributed by atoms with Crippen LogP contribution in [0.4, 0.5) is 5.69 Å². The van der Waals surface area contributed by atoms with Gasteiger partial charge in [0.2, 0.25) is 0 Å². The summed E-state index contributed by atoms with van der Waals surface area (Å²) in [6.45, 7) is 6.04. The second-order valence-corrected chi connectivity index (χ2v) is 7.15. The van der Waals surface area contributed by atoms with Crippen molar-refractivity contribution in [2.75, 3.05) is 5.32 Å². The molecule has 0 amide bonds. The molecule has 3 N–H and O–H groups in total. The Morgan fingerprint density at radius 2 is 1.75 bits per heavy atom. The number of nitrogens with one attached hydrogen (secondary N) is 1. The van der Waals surface area contributed by atoms with Crippen LogP contribution in [-0.4, -0.2) is 23.6 Å². The molecule has 0 fully saturated rings. The summed E-state index contributed by atoms with van der Waals surface area (Å²) in [5.74, 6) is -0.187. The van der Waals surface area contributed by atoms with Gasteiger partial charge in [0.25, 0.3) is 10.1 Å². The van der Waals surface area contributed by atoms with E-state index in [9.17, 15) is 13.5 Å². The van der Waals surface area contributed by atoms with Crippen molar-refractivity contribution in [3.63, 3.8) is 0 Å². The molecule has 0 saturated carbocycles. The Hall–Kier alpha value is -1.79. The molecule has 0 atom stereocenters. The summed E-state index contributed by atoms with van der Waals surface area (Å²) < 4.78 is 31.3. The van der Waals surface area contributed by atoms with Crippen LogP contribution < -0.4 is 5.32 Å². The highest BCUT2D eigenvalue weighted by Gasteiger charge is 2.14. The third-order valence-electron chi connectivity index (χ3n) is 2.72. The van der Waals surface area contributed by atoms with Crippen LogP contribution in [0.1, 0.15) is 20.8 Å². The van der Waals surface area contributed by atoms with E-state index in [0.717, 1.165) is 11.8 Å². The average molecular weight is 295 g/mol. The predicted molar refractivity (Wildman–Crippen MR) is 78.8 cm³/mol. The molecule has 2 aromatic rings. The fourth-order valence-electron chi connectivity index (χ4n) is 1.97. The van der Waals surface area contributed by atoms with Gasteiger partial charge in [0.1, 0.15) is 5.75 Å². The number of hydrogen-bond donors (Lipinski definition) is 3. The summed E-state index contributed by atoms with van der Waals surface area (Å²) >= 11 is 0. The molecule has 0 saturated heterocycles. The van der Waals surface area contributed by atoms with Gasteiger partial charge in [-0.3, -0.25) is 4.55 Å². The molecule has 0 heterocycles. The molecule has 0 aliphatic rings. The fraction of sp³-hybridized carbons (Fsp3) is 0.286. The Morgan fingerprint density at radius 1 is 1.10 bits per heavy atom. The molecule has 0 spiro atoms. The van der Waals surface area contributed by atoms with E-state index < -0.39 is 10.1 Å². The number of hydrogen-bond acceptors (Lipinski definition) is 4. The SMILES string of the molecule is CC(C)(C)Nc1ccc2cc(S(=O)(=O)O)cc(O)c2c1. The van der Waals surface area contributed by atoms with Crippen LogP contribution in [0.5, 0.6) is 5.75 Å². The third kappa shape index (κ3) is 3.20. The van der Waals surface area contributed by atoms with Crippen molar-refractivity contribution in [2.24, 2.45) is 0 Å². The number of benzene rings is 2. The highest BCUT2D eigenvalue weighted by Crippen LogP contribution is 2.31. The number of rotatable bonds is 2. The lowest BCUT2D eigenvalue weighted by Crippen LogP contribution is -2.25. The zero-order chi connectivity index (χ0) is 15.1. The van der Waals surface area contributed by atoms with Crippen molar-refractivity contribution in [1.29, 1.82) is 0 Å². The summed E-state index contributed by atoms with van der Waals surface area (Å²) in [5, 5.41) is 14.3. The Morgan fingerprint density at radius 3 is 2.30 bits per heavy atom. The molecule has 0 aromatic heterocycles. The van der Waals surface area contributed by atoms with E-state index in [1.54, 1.807) is 18.2 Å². The van der Waals surface area contributed by atoms with E-state index in [-0.39, 0.29) is 16.2 Å². The number of fused-ring (bicyclic) bond motifs is 1. The molecule has 0 bridgehead atoms. The summed E-state index contributed by atoms with van der Waals surface area (Å²) in [7, 11) is -4.33. The van der Waals surface area contributed by atoms with Gasteiger partial charge in [-0.25, -0.2) is 0 Å². The maximum absolute atomic E-state index is 11.1. The standard InChI is InChI=1S/C14H17NO4S/c1-14(2,3)15-10-5-4-9-6-11(20(17,18)19)8-13(16)12(9)7-10/h4-8,15-16H,1-3H3,(H,17,18,19). The van der Waals surface area contributed by atoms with E-state index in [1.807, 2.05) is 20.8 Å². The maximum Gasteiger partial charge on any atom is 0.294 e. The molecule has 2 rings (SSSR count). The molecule has 0 unspecified atom stereocenters. The van der Waals surface area contributed by atoms with E-state index in [0.29, 0.717) is 10.8 Å². The van der Waals surface area contributed by atoms with Crippen LogP contribution in [0.3, 0.4) is 0 Å². The predicted octanol–water partition coefficient (Wildman–Crippen LogP) is 3.00. The van der Waals surface area contributed by atoms with Gasteiger partial charge in [0, 0.05) is 22.7 Å². The van der Waals surface area contributed by atoms with Gasteiger partial charge in [0.15, 0.2) is 0 Å². The molecule has 6 heteroatoms. The van der Waals surface area contributed by atoms with Crippen molar-refractivity contribution in [2.45, 2.75) is 31.2 Å². The molecule has 5 nitrogen and oxygen atoms in total. The zero-order valence-electron chi connectivity index (χ0n) is 11.5. The number of phenolic OH excluding ortho intramolecular Hbond substituents is 1. The quantitative estimate of drug-likeness (QED) is 0.741. The van der Waals surface area contributed by atoms with E-state index >= 15 is 0 Å². The molecule has 20 heavy (non-hydrogen) atoms. The molecular weight excluding hydrogens is 278 g/mol. The summed E-state index contributed by atoms with van der Waals surface area (Å²) in [6.07, 6.45) is 0. The van der Waals surface area contributed by atoms with Gasteiger partial charge >= 0.3 is 0 Å². The smallest absolute Gasteiger partial charge is 0.294 e. The number of aromatic hydroxyl groups is 1. The lowest BCUT2D eigenvalue weighted by Gasteiger charge is -2.22. The van der Waals surface area contributed by atoms with Gasteiger partial charge in [-0.15, -0.1) is 0 Å². The Labute approximate surface area is 118 Å². The van der Waals surface area contributed by atoms with Crippen molar-refractivity contribution in [3.05, 3.63) is 30.3 Å². The summed E-state index contributed by atoms with van der Waals surface area (Å²) in [6, 6.07) is 7.59. The lowest BCUT2D eigenvalue weighted by atomic mass is 10.1. The van der Waals surface area contributed by atoms with E-state index in [4.69, 9.17) is 4.55 Å². The molecule has 0 aliphatic carbocycles. The molecule has 2 aromatic carbocycles. The number of anilines is 1. The lowest BCUT2D eigenvalue weighted by molar-refractivity contribution is 0.471. The summed E-state index contributed by atoms with van der Waals surface area (Å²) in [4.78, 5) is -0.320. The van der Waals surface area contributed by atoms with Crippen LogP contribution >= 0.6 is 0 Å². The zero-order valence-corrected chi connectivity index (χ0v) is 12.3. The first-order chi connectivity index (χ1) is 9.06. The maximum atomic E-state index is 11.1. The molecular formula is C14H17NO4S. The van der Waals surface area contributed by atoms with Gasteiger partial charge < -0.3 is 10.4 Å². The minimum atomic E-state index is -4.33. The van der Waals surface area contributed by atoms with Crippen molar-refractivity contribution in [3.8, 4) is 5.75 Å².